The van der Waals surface area contributed by atoms with Crippen LogP contribution in [0.4, 0.5) is 0 Å². The topological polar surface area (TPSA) is 9.23 Å². The number of hydrogen-bond acceptors (Lipinski definition) is 1. The highest BCUT2D eigenvalue weighted by Crippen LogP contribution is 2.49. The molecule has 0 unspecified atom stereocenters. The molecular weight excluding hydrogens is 544 g/mol. The fraction of sp³-hybridized carbons (Fsp3) is 0. The van der Waals surface area contributed by atoms with Crippen LogP contribution in [-0.2, 0) is 0 Å². The van der Waals surface area contributed by atoms with E-state index >= 15 is 0 Å². The highest BCUT2D eigenvalue weighted by molar-refractivity contribution is 6.25. The molecule has 0 aliphatic carbocycles. The summed E-state index contributed by atoms with van der Waals surface area (Å²) < 4.78 is 6.53. The van der Waals surface area contributed by atoms with Gasteiger partial charge >= 0.3 is 0 Å². The van der Waals surface area contributed by atoms with Gasteiger partial charge in [0.2, 0.25) is 0 Å². The number of benzene rings is 9. The van der Waals surface area contributed by atoms with Crippen LogP contribution < -0.4 is 4.74 Å². The first kappa shape index (κ1) is 24.5. The van der Waals surface area contributed by atoms with E-state index < -0.39 is 0 Å². The molecule has 9 aromatic carbocycles. The van der Waals surface area contributed by atoms with Gasteiger partial charge < -0.3 is 4.74 Å². The predicted molar refractivity (Wildman–Crippen MR) is 189 cm³/mol. The van der Waals surface area contributed by atoms with Gasteiger partial charge in [0.1, 0.15) is 11.5 Å². The van der Waals surface area contributed by atoms with E-state index in [-0.39, 0.29) is 0 Å². The maximum atomic E-state index is 6.53. The molecule has 0 N–H and O–H groups in total. The van der Waals surface area contributed by atoms with Gasteiger partial charge in [-0.2, -0.15) is 0 Å². The average molecular weight is 571 g/mol. The zero-order valence-electron chi connectivity index (χ0n) is 24.4. The van der Waals surface area contributed by atoms with Crippen molar-refractivity contribution in [3.05, 3.63) is 158 Å². The van der Waals surface area contributed by atoms with Crippen LogP contribution in [0.2, 0.25) is 0 Å². The van der Waals surface area contributed by atoms with Crippen LogP contribution in [0.5, 0.6) is 11.5 Å². The van der Waals surface area contributed by atoms with Gasteiger partial charge in [0.25, 0.3) is 0 Å². The minimum absolute atomic E-state index is 0.897. The molecular formula is C44H26O. The fourth-order valence-electron chi connectivity index (χ4n) is 7.53. The average Bonchev–Trinajstić information content (AvgIpc) is 3.11. The second-order valence-corrected chi connectivity index (χ2v) is 12.1. The molecule has 0 fully saturated rings. The molecule has 0 saturated heterocycles. The van der Waals surface area contributed by atoms with Crippen LogP contribution >= 0.6 is 0 Å². The third-order valence-corrected chi connectivity index (χ3v) is 9.61. The van der Waals surface area contributed by atoms with Gasteiger partial charge in [-0.25, -0.2) is 0 Å². The standard InChI is InChI=1S/C44H26O/c1-2-7-27(8-3-1)34-22-24-41-44-36(34)13-6-14-37(44)39-26-32(19-23-40(39)45-41)31-11-5-12-33(25-31)35-20-17-30-16-15-28-9-4-10-29-18-21-38(35)43(30)42(28)29/h1-26H. The van der Waals surface area contributed by atoms with Crippen LogP contribution in [0, 0.1) is 0 Å². The van der Waals surface area contributed by atoms with E-state index in [1.165, 1.54) is 82.0 Å². The van der Waals surface area contributed by atoms with E-state index in [4.69, 9.17) is 4.74 Å². The van der Waals surface area contributed by atoms with Crippen molar-refractivity contribution in [3.63, 3.8) is 0 Å². The van der Waals surface area contributed by atoms with E-state index in [1.807, 2.05) is 0 Å². The smallest absolute Gasteiger partial charge is 0.135 e. The van der Waals surface area contributed by atoms with E-state index in [0.29, 0.717) is 0 Å². The molecule has 45 heavy (non-hydrogen) atoms. The number of rotatable bonds is 3. The summed E-state index contributed by atoms with van der Waals surface area (Å²) >= 11 is 0. The van der Waals surface area contributed by atoms with Crippen molar-refractivity contribution in [2.24, 2.45) is 0 Å². The van der Waals surface area contributed by atoms with Gasteiger partial charge in [-0.3, -0.25) is 0 Å². The molecule has 0 atom stereocenters. The zero-order chi connectivity index (χ0) is 29.5. The number of hydrogen-bond donors (Lipinski definition) is 0. The maximum absolute atomic E-state index is 6.53. The highest BCUT2D eigenvalue weighted by Gasteiger charge is 2.22. The lowest BCUT2D eigenvalue weighted by atomic mass is 9.88. The zero-order valence-corrected chi connectivity index (χ0v) is 24.4. The normalized spacial score (nSPS) is 12.2. The Labute approximate surface area is 260 Å². The molecule has 1 aliphatic rings. The van der Waals surface area contributed by atoms with Crippen molar-refractivity contribution in [2.75, 3.05) is 0 Å². The quantitative estimate of drug-likeness (QED) is 0.192. The Balaban J connectivity index is 1.12. The summed E-state index contributed by atoms with van der Waals surface area (Å²) in [6.07, 6.45) is 0. The van der Waals surface area contributed by atoms with Crippen molar-refractivity contribution in [1.29, 1.82) is 0 Å². The first-order valence-corrected chi connectivity index (χ1v) is 15.5. The summed E-state index contributed by atoms with van der Waals surface area (Å²) in [5.41, 5.74) is 9.63. The molecule has 1 heterocycles. The Morgan fingerprint density at radius 2 is 0.911 bits per heavy atom. The second-order valence-electron chi connectivity index (χ2n) is 12.1. The lowest BCUT2D eigenvalue weighted by molar-refractivity contribution is 0.487. The van der Waals surface area contributed by atoms with E-state index in [0.717, 1.165) is 17.1 Å². The van der Waals surface area contributed by atoms with Crippen molar-refractivity contribution in [2.45, 2.75) is 0 Å². The van der Waals surface area contributed by atoms with Crippen molar-refractivity contribution in [3.8, 4) is 56.0 Å². The lowest BCUT2D eigenvalue weighted by Crippen LogP contribution is -1.98. The Morgan fingerprint density at radius 1 is 0.289 bits per heavy atom. The van der Waals surface area contributed by atoms with Crippen LogP contribution in [-0.4, -0.2) is 0 Å². The predicted octanol–water partition coefficient (Wildman–Crippen LogP) is 12.5. The van der Waals surface area contributed by atoms with Gasteiger partial charge in [0, 0.05) is 10.9 Å². The van der Waals surface area contributed by atoms with Crippen LogP contribution in [0.25, 0.3) is 87.6 Å². The molecule has 0 saturated carbocycles. The molecule has 0 spiro atoms. The summed E-state index contributed by atoms with van der Waals surface area (Å²) in [5.74, 6) is 1.81. The molecule has 0 amide bonds. The Bertz CT molecular complexity index is 2600. The molecule has 0 aromatic heterocycles. The number of ether oxygens (including phenoxy) is 1. The largest absolute Gasteiger partial charge is 0.456 e. The van der Waals surface area contributed by atoms with Crippen molar-refractivity contribution >= 4 is 43.1 Å². The molecule has 9 aromatic rings. The van der Waals surface area contributed by atoms with Crippen LogP contribution in [0.1, 0.15) is 0 Å². The van der Waals surface area contributed by atoms with Crippen LogP contribution in [0.3, 0.4) is 0 Å². The highest BCUT2D eigenvalue weighted by atomic mass is 16.5. The first-order valence-electron chi connectivity index (χ1n) is 15.5. The third kappa shape index (κ3) is 3.62. The first-order chi connectivity index (χ1) is 22.3. The van der Waals surface area contributed by atoms with Gasteiger partial charge in [-0.15, -0.1) is 0 Å². The minimum Gasteiger partial charge on any atom is -0.456 e. The van der Waals surface area contributed by atoms with E-state index in [2.05, 4.69) is 158 Å². The molecule has 1 aliphatic heterocycles. The Kier molecular flexibility index (Phi) is 5.06. The maximum Gasteiger partial charge on any atom is 0.135 e. The van der Waals surface area contributed by atoms with E-state index in [9.17, 15) is 0 Å². The molecule has 1 heteroatoms. The fourth-order valence-corrected chi connectivity index (χ4v) is 7.53. The summed E-state index contributed by atoms with van der Waals surface area (Å²) in [5, 5.41) is 10.2. The summed E-state index contributed by atoms with van der Waals surface area (Å²) in [6.45, 7) is 0. The SMILES string of the molecule is c1ccc(-c2ccc3c4c(cccc24)-c2cc(-c4cccc(-c5ccc6ccc7cccc8ccc5c6c78)c4)ccc2O3)cc1. The van der Waals surface area contributed by atoms with Crippen molar-refractivity contribution < 1.29 is 4.74 Å². The van der Waals surface area contributed by atoms with Gasteiger partial charge in [-0.05, 0) is 101 Å². The lowest BCUT2D eigenvalue weighted by Gasteiger charge is -2.23. The summed E-state index contributed by atoms with van der Waals surface area (Å²) in [7, 11) is 0. The van der Waals surface area contributed by atoms with Gasteiger partial charge in [0.15, 0.2) is 0 Å². The third-order valence-electron chi connectivity index (χ3n) is 9.61. The summed E-state index contributed by atoms with van der Waals surface area (Å²) in [6, 6.07) is 57.3. The minimum atomic E-state index is 0.897. The monoisotopic (exact) mass is 570 g/mol. The van der Waals surface area contributed by atoms with Gasteiger partial charge in [-0.1, -0.05) is 133 Å². The molecule has 0 radical (unpaired) electrons. The van der Waals surface area contributed by atoms with Gasteiger partial charge in [0.05, 0.1) is 0 Å². The molecule has 1 nitrogen and oxygen atoms in total. The summed E-state index contributed by atoms with van der Waals surface area (Å²) in [4.78, 5) is 0. The van der Waals surface area contributed by atoms with E-state index in [1.54, 1.807) is 0 Å². The second kappa shape index (κ2) is 9.29. The molecule has 10 rings (SSSR count). The molecule has 208 valence electrons. The van der Waals surface area contributed by atoms with Crippen LogP contribution in [0.15, 0.2) is 158 Å². The Morgan fingerprint density at radius 3 is 1.80 bits per heavy atom. The Hall–Kier alpha value is -5.92. The number of fused-ring (bicyclic) bond motifs is 2. The van der Waals surface area contributed by atoms with Crippen molar-refractivity contribution in [1.82, 2.24) is 0 Å². The molecule has 0 bridgehead atoms.